The summed E-state index contributed by atoms with van der Waals surface area (Å²) in [5.41, 5.74) is 0. The van der Waals surface area contributed by atoms with Crippen LogP contribution in [0.15, 0.2) is 0 Å². The number of nitrogens with one attached hydrogen (secondary N) is 1. The Bertz CT molecular complexity index is 511. The molecule has 1 saturated carbocycles. The van der Waals surface area contributed by atoms with Gasteiger partial charge in [0.2, 0.25) is 10.0 Å². The highest BCUT2D eigenvalue weighted by molar-refractivity contribution is 7.91. The minimum absolute atomic E-state index is 0.0605. The van der Waals surface area contributed by atoms with Crippen molar-refractivity contribution in [2.45, 2.75) is 37.5 Å². The summed E-state index contributed by atoms with van der Waals surface area (Å²) >= 11 is 0. The lowest BCUT2D eigenvalue weighted by atomic mass is 10.4. The van der Waals surface area contributed by atoms with Crippen LogP contribution in [-0.4, -0.2) is 63.6 Å². The molecule has 1 saturated heterocycles. The fraction of sp³-hybridized carbons (Fsp3) is 1.00. The van der Waals surface area contributed by atoms with Gasteiger partial charge in [0.1, 0.15) is 0 Å². The lowest BCUT2D eigenvalue weighted by Crippen LogP contribution is -2.43. The molecule has 0 amide bonds. The molecule has 0 spiro atoms. The Morgan fingerprint density at radius 3 is 2.58 bits per heavy atom. The molecule has 0 aromatic rings. The number of rotatable bonds is 5. The zero-order chi connectivity index (χ0) is 14.1. The molecule has 0 aromatic carbocycles. The van der Waals surface area contributed by atoms with E-state index < -0.39 is 25.1 Å². The average Bonchev–Trinajstić information content (AvgIpc) is 3.13. The van der Waals surface area contributed by atoms with Crippen LogP contribution in [-0.2, 0) is 19.9 Å². The first-order chi connectivity index (χ1) is 8.81. The largest absolute Gasteiger partial charge is 0.313 e. The predicted octanol–water partition coefficient (Wildman–Crippen LogP) is -0.423. The van der Waals surface area contributed by atoms with Crippen LogP contribution in [0.1, 0.15) is 26.2 Å². The molecule has 1 atom stereocenters. The third-order valence-electron chi connectivity index (χ3n) is 3.65. The fourth-order valence-corrected chi connectivity index (χ4v) is 5.08. The molecule has 0 aromatic heterocycles. The molecule has 2 aliphatic rings. The summed E-state index contributed by atoms with van der Waals surface area (Å²) in [6.45, 7) is 2.54. The standard InChI is InChI=1S/C11H22N2O4S2/c1-10(9-12-11-3-4-11)19(16,17)13-5-2-7-18(14,15)8-6-13/h10-12H,2-9H2,1H3. The Morgan fingerprint density at radius 1 is 1.26 bits per heavy atom. The highest BCUT2D eigenvalue weighted by atomic mass is 32.2. The number of sulfonamides is 1. The van der Waals surface area contributed by atoms with Crippen LogP contribution in [0.25, 0.3) is 0 Å². The maximum absolute atomic E-state index is 12.4. The van der Waals surface area contributed by atoms with Crippen molar-refractivity contribution in [2.24, 2.45) is 0 Å². The molecule has 6 nitrogen and oxygen atoms in total. The summed E-state index contributed by atoms with van der Waals surface area (Å²) in [6, 6.07) is 0.474. The Kier molecular flexibility index (Phi) is 4.54. The van der Waals surface area contributed by atoms with Crippen molar-refractivity contribution < 1.29 is 16.8 Å². The normalized spacial score (nSPS) is 26.8. The molecule has 1 N–H and O–H groups in total. The van der Waals surface area contributed by atoms with Gasteiger partial charge < -0.3 is 5.32 Å². The van der Waals surface area contributed by atoms with Crippen molar-refractivity contribution in [2.75, 3.05) is 31.1 Å². The Hall–Kier alpha value is -0.180. The summed E-state index contributed by atoms with van der Waals surface area (Å²) in [5, 5.41) is 2.70. The third-order valence-corrected chi connectivity index (χ3v) is 7.64. The van der Waals surface area contributed by atoms with E-state index in [2.05, 4.69) is 5.32 Å². The zero-order valence-corrected chi connectivity index (χ0v) is 12.8. The molecule has 0 radical (unpaired) electrons. The van der Waals surface area contributed by atoms with Crippen LogP contribution in [0.4, 0.5) is 0 Å². The topological polar surface area (TPSA) is 83.6 Å². The molecule has 0 bridgehead atoms. The molecule has 8 heteroatoms. The van der Waals surface area contributed by atoms with Crippen LogP contribution in [0.2, 0.25) is 0 Å². The van der Waals surface area contributed by atoms with Crippen molar-refractivity contribution in [3.8, 4) is 0 Å². The monoisotopic (exact) mass is 310 g/mol. The Balaban J connectivity index is 1.97. The minimum atomic E-state index is -3.40. The quantitative estimate of drug-likeness (QED) is 0.745. The van der Waals surface area contributed by atoms with Crippen molar-refractivity contribution in [3.63, 3.8) is 0 Å². The first-order valence-electron chi connectivity index (χ1n) is 6.74. The van der Waals surface area contributed by atoms with Gasteiger partial charge in [-0.2, -0.15) is 0 Å². The minimum Gasteiger partial charge on any atom is -0.313 e. The second-order valence-corrected chi connectivity index (χ2v) is 10.1. The number of sulfone groups is 1. The summed E-state index contributed by atoms with van der Waals surface area (Å²) in [5.74, 6) is 0.0305. The van der Waals surface area contributed by atoms with E-state index in [1.807, 2.05) is 0 Å². The zero-order valence-electron chi connectivity index (χ0n) is 11.2. The number of hydrogen-bond donors (Lipinski definition) is 1. The van der Waals surface area contributed by atoms with Crippen molar-refractivity contribution in [1.29, 1.82) is 0 Å². The molecule has 1 aliphatic carbocycles. The van der Waals surface area contributed by atoms with Gasteiger partial charge in [-0.25, -0.2) is 21.1 Å². The molecule has 2 rings (SSSR count). The van der Waals surface area contributed by atoms with Crippen molar-refractivity contribution >= 4 is 19.9 Å². The van der Waals surface area contributed by atoms with E-state index in [4.69, 9.17) is 0 Å². The highest BCUT2D eigenvalue weighted by Crippen LogP contribution is 2.19. The van der Waals surface area contributed by atoms with Gasteiger partial charge in [-0.1, -0.05) is 0 Å². The summed E-state index contributed by atoms with van der Waals surface area (Å²) in [7, 11) is -6.47. The summed E-state index contributed by atoms with van der Waals surface area (Å²) < 4.78 is 49.1. The van der Waals surface area contributed by atoms with E-state index in [1.165, 1.54) is 4.31 Å². The third kappa shape index (κ3) is 4.14. The molecule has 2 fully saturated rings. The van der Waals surface area contributed by atoms with Crippen LogP contribution in [0.5, 0.6) is 0 Å². The van der Waals surface area contributed by atoms with E-state index in [0.717, 1.165) is 12.8 Å². The van der Waals surface area contributed by atoms with Gasteiger partial charge in [0.05, 0.1) is 16.8 Å². The smallest absolute Gasteiger partial charge is 0.217 e. The number of hydrogen-bond acceptors (Lipinski definition) is 5. The second kappa shape index (κ2) is 5.67. The van der Waals surface area contributed by atoms with Gasteiger partial charge in [0.25, 0.3) is 0 Å². The number of nitrogens with zero attached hydrogens (tertiary/aromatic N) is 1. The van der Waals surface area contributed by atoms with E-state index in [-0.39, 0.29) is 18.1 Å². The summed E-state index contributed by atoms with van der Waals surface area (Å²) in [6.07, 6.45) is 2.63. The Morgan fingerprint density at radius 2 is 1.95 bits per heavy atom. The van der Waals surface area contributed by atoms with E-state index >= 15 is 0 Å². The maximum Gasteiger partial charge on any atom is 0.217 e. The molecular weight excluding hydrogens is 288 g/mol. The molecular formula is C11H22N2O4S2. The molecule has 1 heterocycles. The van der Waals surface area contributed by atoms with Gasteiger partial charge in [0.15, 0.2) is 9.84 Å². The van der Waals surface area contributed by atoms with Gasteiger partial charge >= 0.3 is 0 Å². The van der Waals surface area contributed by atoms with Crippen molar-refractivity contribution in [3.05, 3.63) is 0 Å². The molecule has 1 unspecified atom stereocenters. The Labute approximate surface area is 115 Å². The van der Waals surface area contributed by atoms with Crippen LogP contribution < -0.4 is 5.32 Å². The lowest BCUT2D eigenvalue weighted by molar-refractivity contribution is 0.424. The van der Waals surface area contributed by atoms with E-state index in [0.29, 0.717) is 25.6 Å². The average molecular weight is 310 g/mol. The summed E-state index contributed by atoms with van der Waals surface area (Å²) in [4.78, 5) is 0. The van der Waals surface area contributed by atoms with E-state index in [1.54, 1.807) is 6.92 Å². The molecule has 1 aliphatic heterocycles. The van der Waals surface area contributed by atoms with Gasteiger partial charge in [-0.15, -0.1) is 0 Å². The maximum atomic E-state index is 12.4. The van der Waals surface area contributed by atoms with Gasteiger partial charge in [0, 0.05) is 25.7 Å². The van der Waals surface area contributed by atoms with E-state index in [9.17, 15) is 16.8 Å². The molecule has 19 heavy (non-hydrogen) atoms. The molecule has 112 valence electrons. The highest BCUT2D eigenvalue weighted by Gasteiger charge is 2.32. The van der Waals surface area contributed by atoms with Gasteiger partial charge in [-0.05, 0) is 26.2 Å². The fourth-order valence-electron chi connectivity index (χ4n) is 2.15. The SMILES string of the molecule is CC(CNC1CC1)S(=O)(=O)N1CCCS(=O)(=O)CC1. The van der Waals surface area contributed by atoms with Gasteiger partial charge in [-0.3, -0.25) is 0 Å². The van der Waals surface area contributed by atoms with Crippen LogP contribution in [0.3, 0.4) is 0 Å². The second-order valence-electron chi connectivity index (χ2n) is 5.44. The van der Waals surface area contributed by atoms with Crippen molar-refractivity contribution in [1.82, 2.24) is 9.62 Å². The first kappa shape index (κ1) is 15.2. The lowest BCUT2D eigenvalue weighted by Gasteiger charge is -2.24. The van der Waals surface area contributed by atoms with Crippen LogP contribution >= 0.6 is 0 Å². The predicted molar refractivity (Wildman–Crippen MR) is 74.3 cm³/mol. The van der Waals surface area contributed by atoms with Crippen LogP contribution in [0, 0.1) is 0 Å². The first-order valence-corrected chi connectivity index (χ1v) is 10.1.